The van der Waals surface area contributed by atoms with E-state index >= 15 is 0 Å². The number of fused-ring (bicyclic) bond motifs is 1. The maximum Gasteiger partial charge on any atom is 0.251 e. The Hall–Kier alpha value is -4.10. The van der Waals surface area contributed by atoms with Crippen molar-refractivity contribution in [2.45, 2.75) is 6.04 Å². The third-order valence-electron chi connectivity index (χ3n) is 4.95. The lowest BCUT2D eigenvalue weighted by molar-refractivity contribution is -0.117. The van der Waals surface area contributed by atoms with Crippen LogP contribution in [-0.4, -0.2) is 28.1 Å². The molecule has 0 saturated heterocycles. The van der Waals surface area contributed by atoms with E-state index in [1.54, 1.807) is 60.7 Å². The third kappa shape index (κ3) is 4.48. The van der Waals surface area contributed by atoms with Gasteiger partial charge in [-0.3, -0.25) is 9.59 Å². The summed E-state index contributed by atoms with van der Waals surface area (Å²) in [5, 5.41) is 16.5. The fourth-order valence-corrected chi connectivity index (χ4v) is 3.53. The summed E-state index contributed by atoms with van der Waals surface area (Å²) in [6.07, 6.45) is 1.23. The number of amides is 1. The molecular weight excluding hydrogens is 422 g/mol. The van der Waals surface area contributed by atoms with Crippen LogP contribution in [0.2, 0.25) is 0 Å². The van der Waals surface area contributed by atoms with E-state index in [0.29, 0.717) is 16.8 Å². The summed E-state index contributed by atoms with van der Waals surface area (Å²) in [5.41, 5.74) is 2.34. The predicted molar refractivity (Wildman–Crippen MR) is 129 cm³/mol. The van der Waals surface area contributed by atoms with E-state index in [2.05, 4.69) is 15.6 Å². The van der Waals surface area contributed by atoms with Crippen molar-refractivity contribution in [3.05, 3.63) is 107 Å². The molecule has 158 valence electrons. The van der Waals surface area contributed by atoms with Crippen LogP contribution in [0.15, 0.2) is 95.5 Å². The molecule has 0 spiro atoms. The van der Waals surface area contributed by atoms with Crippen LogP contribution in [0.1, 0.15) is 27.5 Å². The minimum atomic E-state index is -0.684. The predicted octanol–water partition coefficient (Wildman–Crippen LogP) is 4.48. The van der Waals surface area contributed by atoms with Gasteiger partial charge >= 0.3 is 0 Å². The average Bonchev–Trinajstić information content (AvgIpc) is 3.15. The lowest BCUT2D eigenvalue weighted by Crippen LogP contribution is -2.31. The SMILES string of the molecule is O=C(C(C=NC(=S)N[C@@H]1C(=O)Nc2ccccc21)=C(O)c1ccccc1)c1ccccc1. The molecule has 7 heteroatoms. The smallest absolute Gasteiger partial charge is 0.251 e. The van der Waals surface area contributed by atoms with E-state index in [9.17, 15) is 14.7 Å². The van der Waals surface area contributed by atoms with Gasteiger partial charge in [0.15, 0.2) is 10.9 Å². The Morgan fingerprint density at radius 3 is 2.22 bits per heavy atom. The number of hydrogen-bond donors (Lipinski definition) is 3. The van der Waals surface area contributed by atoms with Gasteiger partial charge in [-0.1, -0.05) is 78.9 Å². The van der Waals surface area contributed by atoms with E-state index in [1.165, 1.54) is 6.21 Å². The van der Waals surface area contributed by atoms with Crippen molar-refractivity contribution in [3.8, 4) is 0 Å². The molecule has 3 aromatic rings. The topological polar surface area (TPSA) is 90.8 Å². The molecule has 4 rings (SSSR count). The molecule has 0 aromatic heterocycles. The summed E-state index contributed by atoms with van der Waals surface area (Å²) >= 11 is 5.29. The number of ketones is 1. The Kier molecular flexibility index (Phi) is 6.19. The van der Waals surface area contributed by atoms with Crippen molar-refractivity contribution < 1.29 is 14.7 Å². The fourth-order valence-electron chi connectivity index (χ4n) is 3.36. The Bertz CT molecular complexity index is 1240. The summed E-state index contributed by atoms with van der Waals surface area (Å²) in [7, 11) is 0. The molecule has 1 aliphatic heterocycles. The largest absolute Gasteiger partial charge is 0.506 e. The molecular formula is C25H19N3O3S. The number of thiocarbonyl (C=S) groups is 1. The number of rotatable bonds is 5. The number of aliphatic imine (C=N–C) groups is 1. The number of para-hydroxylation sites is 1. The molecule has 3 aromatic carbocycles. The highest BCUT2D eigenvalue weighted by Crippen LogP contribution is 2.30. The van der Waals surface area contributed by atoms with Gasteiger partial charge in [0.25, 0.3) is 5.91 Å². The quantitative estimate of drug-likeness (QED) is 0.179. The van der Waals surface area contributed by atoms with Gasteiger partial charge in [-0.2, -0.15) is 0 Å². The Balaban J connectivity index is 1.62. The molecule has 1 amide bonds. The molecule has 32 heavy (non-hydrogen) atoms. The first-order valence-electron chi connectivity index (χ1n) is 9.87. The molecule has 0 unspecified atom stereocenters. The van der Waals surface area contributed by atoms with Crippen molar-refractivity contribution in [1.82, 2.24) is 5.32 Å². The summed E-state index contributed by atoms with van der Waals surface area (Å²) in [6, 6.07) is 23.9. The molecule has 1 aliphatic rings. The van der Waals surface area contributed by atoms with E-state index in [4.69, 9.17) is 12.2 Å². The van der Waals surface area contributed by atoms with Crippen LogP contribution in [0, 0.1) is 0 Å². The van der Waals surface area contributed by atoms with Crippen LogP contribution in [0.5, 0.6) is 0 Å². The first-order chi connectivity index (χ1) is 15.5. The Morgan fingerprint density at radius 1 is 0.938 bits per heavy atom. The van der Waals surface area contributed by atoms with E-state index in [-0.39, 0.29) is 22.4 Å². The van der Waals surface area contributed by atoms with Crippen LogP contribution < -0.4 is 10.6 Å². The summed E-state index contributed by atoms with van der Waals surface area (Å²) in [4.78, 5) is 29.6. The van der Waals surface area contributed by atoms with Crippen LogP contribution in [-0.2, 0) is 4.79 Å². The molecule has 0 bridgehead atoms. The van der Waals surface area contributed by atoms with Gasteiger partial charge in [0.1, 0.15) is 11.8 Å². The second kappa shape index (κ2) is 9.36. The van der Waals surface area contributed by atoms with Crippen molar-refractivity contribution in [2.24, 2.45) is 4.99 Å². The molecule has 0 aliphatic carbocycles. The summed E-state index contributed by atoms with van der Waals surface area (Å²) in [6.45, 7) is 0. The van der Waals surface area contributed by atoms with Gasteiger partial charge in [-0.25, -0.2) is 4.99 Å². The second-order valence-corrected chi connectivity index (χ2v) is 7.43. The zero-order valence-electron chi connectivity index (χ0n) is 16.9. The van der Waals surface area contributed by atoms with Crippen molar-refractivity contribution in [2.75, 3.05) is 5.32 Å². The fraction of sp³-hybridized carbons (Fsp3) is 0.0400. The number of Topliss-reactive ketones (excluding diaryl/α,β-unsaturated/α-hetero) is 1. The molecule has 1 atom stereocenters. The van der Waals surface area contributed by atoms with Gasteiger partial charge in [0, 0.05) is 28.6 Å². The highest BCUT2D eigenvalue weighted by atomic mass is 32.1. The van der Waals surface area contributed by atoms with E-state index in [1.807, 2.05) is 24.3 Å². The van der Waals surface area contributed by atoms with Crippen LogP contribution in [0.4, 0.5) is 5.69 Å². The molecule has 3 N–H and O–H groups in total. The monoisotopic (exact) mass is 441 g/mol. The van der Waals surface area contributed by atoms with Crippen molar-refractivity contribution in [3.63, 3.8) is 0 Å². The highest BCUT2D eigenvalue weighted by molar-refractivity contribution is 7.80. The Labute approximate surface area is 190 Å². The second-order valence-electron chi connectivity index (χ2n) is 7.04. The molecule has 6 nitrogen and oxygen atoms in total. The standard InChI is InChI=1S/C25H19N3O3S/c29-22(16-9-3-1-4-10-16)19(23(30)17-11-5-2-6-12-17)15-26-25(32)28-21-18-13-7-8-14-20(18)27-24(21)31/h1-15,21,29H,(H,27,31)(H,28,32)/t21-/m0/s1. The number of nitrogens with one attached hydrogen (secondary N) is 2. The maximum absolute atomic E-state index is 13.1. The first kappa shape index (κ1) is 21.1. The van der Waals surface area contributed by atoms with Gasteiger partial charge < -0.3 is 15.7 Å². The number of anilines is 1. The normalized spacial score (nSPS) is 15.6. The molecule has 1 heterocycles. The number of hydrogen-bond acceptors (Lipinski definition) is 4. The van der Waals surface area contributed by atoms with Crippen molar-refractivity contribution >= 4 is 46.7 Å². The van der Waals surface area contributed by atoms with Crippen molar-refractivity contribution in [1.29, 1.82) is 0 Å². The molecule has 0 fully saturated rings. The summed E-state index contributed by atoms with van der Waals surface area (Å²) in [5.74, 6) is -0.857. The lowest BCUT2D eigenvalue weighted by atomic mass is 10.0. The van der Waals surface area contributed by atoms with Crippen LogP contribution in [0.3, 0.4) is 0 Å². The number of carbonyl (C=O) groups excluding carboxylic acids is 2. The number of carbonyl (C=O) groups is 2. The number of aliphatic hydroxyl groups is 1. The summed E-state index contributed by atoms with van der Waals surface area (Å²) < 4.78 is 0. The Morgan fingerprint density at radius 2 is 1.53 bits per heavy atom. The maximum atomic E-state index is 13.1. The number of aliphatic hydroxyl groups excluding tert-OH is 1. The lowest BCUT2D eigenvalue weighted by Gasteiger charge is -2.11. The van der Waals surface area contributed by atoms with Gasteiger partial charge in [-0.15, -0.1) is 0 Å². The zero-order chi connectivity index (χ0) is 22.5. The minimum absolute atomic E-state index is 0.0113. The number of allylic oxidation sites excluding steroid dienone is 1. The first-order valence-corrected chi connectivity index (χ1v) is 10.3. The molecule has 0 radical (unpaired) electrons. The zero-order valence-corrected chi connectivity index (χ0v) is 17.7. The van der Waals surface area contributed by atoms with Crippen LogP contribution >= 0.6 is 12.2 Å². The molecule has 0 saturated carbocycles. The minimum Gasteiger partial charge on any atom is -0.506 e. The van der Waals surface area contributed by atoms with E-state index < -0.39 is 11.8 Å². The van der Waals surface area contributed by atoms with E-state index in [0.717, 1.165) is 5.56 Å². The van der Waals surface area contributed by atoms with Gasteiger partial charge in [0.05, 0.1) is 5.57 Å². The van der Waals surface area contributed by atoms with Gasteiger partial charge in [-0.05, 0) is 18.3 Å². The van der Waals surface area contributed by atoms with Crippen LogP contribution in [0.25, 0.3) is 5.76 Å². The third-order valence-corrected chi connectivity index (χ3v) is 5.18. The van der Waals surface area contributed by atoms with Gasteiger partial charge in [0.2, 0.25) is 0 Å². The highest BCUT2D eigenvalue weighted by Gasteiger charge is 2.30. The average molecular weight is 442 g/mol. The number of nitrogens with zero attached hydrogens (tertiary/aromatic N) is 1. The number of benzene rings is 3.